The molecule has 6 heteroatoms. The molecule has 0 bridgehead atoms. The third-order valence-corrected chi connectivity index (χ3v) is 4.33. The summed E-state index contributed by atoms with van der Waals surface area (Å²) in [4.78, 5) is 11.5. The van der Waals surface area contributed by atoms with E-state index in [-0.39, 0.29) is 12.5 Å². The molecule has 1 rings (SSSR count). The van der Waals surface area contributed by atoms with E-state index in [0.717, 1.165) is 17.5 Å². The van der Waals surface area contributed by atoms with E-state index in [1.807, 2.05) is 39.0 Å². The molecule has 5 nitrogen and oxygen atoms in total. The van der Waals surface area contributed by atoms with Gasteiger partial charge in [-0.25, -0.2) is 8.42 Å². The number of amides is 1. The van der Waals surface area contributed by atoms with E-state index >= 15 is 0 Å². The molecular formula is C15H24N2O3S. The van der Waals surface area contributed by atoms with Crippen molar-refractivity contribution in [2.24, 2.45) is 0 Å². The van der Waals surface area contributed by atoms with Gasteiger partial charge in [0, 0.05) is 13.0 Å². The fourth-order valence-electron chi connectivity index (χ4n) is 2.07. The van der Waals surface area contributed by atoms with Crippen molar-refractivity contribution >= 4 is 21.6 Å². The molecule has 0 heterocycles. The molecule has 0 aliphatic rings. The van der Waals surface area contributed by atoms with Crippen LogP contribution >= 0.6 is 0 Å². The number of nitrogens with one attached hydrogen (secondary N) is 1. The number of carbonyl (C=O) groups is 1. The van der Waals surface area contributed by atoms with Crippen LogP contribution in [0.4, 0.5) is 5.69 Å². The van der Waals surface area contributed by atoms with Crippen molar-refractivity contribution in [2.45, 2.75) is 33.6 Å². The molecule has 0 unspecified atom stereocenters. The van der Waals surface area contributed by atoms with Crippen LogP contribution in [-0.2, 0) is 14.8 Å². The molecule has 0 aromatic heterocycles. The number of aryl methyl sites for hydroxylation is 2. The molecule has 21 heavy (non-hydrogen) atoms. The Morgan fingerprint density at radius 3 is 2.52 bits per heavy atom. The van der Waals surface area contributed by atoms with Gasteiger partial charge in [-0.15, -0.1) is 0 Å². The van der Waals surface area contributed by atoms with E-state index in [2.05, 4.69) is 5.32 Å². The summed E-state index contributed by atoms with van der Waals surface area (Å²) in [6.45, 7) is 6.27. The summed E-state index contributed by atoms with van der Waals surface area (Å²) in [7, 11) is -3.39. The predicted molar refractivity (Wildman–Crippen MR) is 86.0 cm³/mol. The van der Waals surface area contributed by atoms with Crippen LogP contribution in [0, 0.1) is 13.8 Å². The predicted octanol–water partition coefficient (Wildman–Crippen LogP) is 1.99. The highest BCUT2D eigenvalue weighted by Gasteiger charge is 2.19. The summed E-state index contributed by atoms with van der Waals surface area (Å²) in [6, 6.07) is 5.70. The lowest BCUT2D eigenvalue weighted by atomic mass is 10.1. The number of sulfonamides is 1. The highest BCUT2D eigenvalue weighted by atomic mass is 32.2. The first-order valence-electron chi connectivity index (χ1n) is 7.07. The summed E-state index contributed by atoms with van der Waals surface area (Å²) in [5.74, 6) is -0.0492. The number of rotatable bonds is 7. The van der Waals surface area contributed by atoms with Crippen LogP contribution in [0.2, 0.25) is 0 Å². The second-order valence-corrected chi connectivity index (χ2v) is 7.13. The normalized spacial score (nSPS) is 11.2. The van der Waals surface area contributed by atoms with Gasteiger partial charge in [0.15, 0.2) is 0 Å². The Labute approximate surface area is 127 Å². The first-order valence-corrected chi connectivity index (χ1v) is 8.92. The van der Waals surface area contributed by atoms with Crippen molar-refractivity contribution in [1.29, 1.82) is 0 Å². The average Bonchev–Trinajstić information content (AvgIpc) is 2.37. The van der Waals surface area contributed by atoms with Crippen LogP contribution in [0.15, 0.2) is 18.2 Å². The van der Waals surface area contributed by atoms with E-state index in [1.54, 1.807) is 0 Å². The number of hydrogen-bond donors (Lipinski definition) is 1. The number of hydrogen-bond acceptors (Lipinski definition) is 3. The largest absolute Gasteiger partial charge is 0.354 e. The summed E-state index contributed by atoms with van der Waals surface area (Å²) in [6.07, 6.45) is 2.42. The number of anilines is 1. The van der Waals surface area contributed by atoms with Gasteiger partial charge in [0.2, 0.25) is 15.9 Å². The molecule has 1 aromatic carbocycles. The zero-order valence-corrected chi connectivity index (χ0v) is 14.0. The number of benzene rings is 1. The SMILES string of the molecule is CCCC(=O)NCCN(c1cc(C)ccc1C)S(C)(=O)=O. The maximum atomic E-state index is 12.0. The molecule has 1 aromatic rings. The third-order valence-electron chi connectivity index (χ3n) is 3.15. The van der Waals surface area contributed by atoms with Gasteiger partial charge in [-0.1, -0.05) is 19.1 Å². The highest BCUT2D eigenvalue weighted by Crippen LogP contribution is 2.23. The van der Waals surface area contributed by atoms with Gasteiger partial charge >= 0.3 is 0 Å². The minimum Gasteiger partial charge on any atom is -0.354 e. The van der Waals surface area contributed by atoms with E-state index in [4.69, 9.17) is 0 Å². The Hall–Kier alpha value is -1.56. The Balaban J connectivity index is 2.88. The van der Waals surface area contributed by atoms with Gasteiger partial charge in [0.25, 0.3) is 0 Å². The Morgan fingerprint density at radius 1 is 1.29 bits per heavy atom. The zero-order chi connectivity index (χ0) is 16.0. The number of carbonyl (C=O) groups excluding carboxylic acids is 1. The van der Waals surface area contributed by atoms with Crippen LogP contribution in [0.5, 0.6) is 0 Å². The maximum Gasteiger partial charge on any atom is 0.232 e. The van der Waals surface area contributed by atoms with E-state index in [9.17, 15) is 13.2 Å². The van der Waals surface area contributed by atoms with Gasteiger partial charge in [0.05, 0.1) is 18.5 Å². The first-order chi connectivity index (χ1) is 9.75. The monoisotopic (exact) mass is 312 g/mol. The van der Waals surface area contributed by atoms with E-state index in [1.165, 1.54) is 10.6 Å². The lowest BCUT2D eigenvalue weighted by Gasteiger charge is -2.24. The average molecular weight is 312 g/mol. The van der Waals surface area contributed by atoms with Crippen molar-refractivity contribution in [2.75, 3.05) is 23.7 Å². The van der Waals surface area contributed by atoms with Crippen molar-refractivity contribution in [3.8, 4) is 0 Å². The first kappa shape index (κ1) is 17.5. The summed E-state index contributed by atoms with van der Waals surface area (Å²) < 4.78 is 25.4. The zero-order valence-electron chi connectivity index (χ0n) is 13.1. The molecule has 0 atom stereocenters. The molecule has 118 valence electrons. The summed E-state index contributed by atoms with van der Waals surface area (Å²) in [5.41, 5.74) is 2.56. The molecule has 0 radical (unpaired) electrons. The van der Waals surface area contributed by atoms with Crippen LogP contribution < -0.4 is 9.62 Å². The molecule has 1 amide bonds. The molecule has 0 aliphatic carbocycles. The van der Waals surface area contributed by atoms with Gasteiger partial charge in [-0.2, -0.15) is 0 Å². The lowest BCUT2D eigenvalue weighted by molar-refractivity contribution is -0.121. The van der Waals surface area contributed by atoms with Crippen molar-refractivity contribution in [3.63, 3.8) is 0 Å². The van der Waals surface area contributed by atoms with E-state index < -0.39 is 10.0 Å². The lowest BCUT2D eigenvalue weighted by Crippen LogP contribution is -2.38. The molecule has 0 saturated carbocycles. The minimum absolute atomic E-state index is 0.0492. The van der Waals surface area contributed by atoms with Crippen molar-refractivity contribution in [1.82, 2.24) is 5.32 Å². The quantitative estimate of drug-likeness (QED) is 0.837. The molecule has 1 N–H and O–H groups in total. The standard InChI is InChI=1S/C15H24N2O3S/c1-5-6-15(18)16-9-10-17(21(4,19)20)14-11-12(2)7-8-13(14)3/h7-8,11H,5-6,9-10H2,1-4H3,(H,16,18). The highest BCUT2D eigenvalue weighted by molar-refractivity contribution is 7.92. The van der Waals surface area contributed by atoms with Gasteiger partial charge in [-0.05, 0) is 37.5 Å². The molecular weight excluding hydrogens is 288 g/mol. The van der Waals surface area contributed by atoms with Crippen LogP contribution in [0.25, 0.3) is 0 Å². The summed E-state index contributed by atoms with van der Waals surface area (Å²) in [5, 5.41) is 2.74. The minimum atomic E-state index is -3.39. The molecule has 0 fully saturated rings. The third kappa shape index (κ3) is 5.38. The summed E-state index contributed by atoms with van der Waals surface area (Å²) >= 11 is 0. The molecule has 0 aliphatic heterocycles. The van der Waals surface area contributed by atoms with Gasteiger partial charge in [0.1, 0.15) is 0 Å². The fraction of sp³-hybridized carbons (Fsp3) is 0.533. The van der Waals surface area contributed by atoms with Crippen LogP contribution in [0.3, 0.4) is 0 Å². The smallest absolute Gasteiger partial charge is 0.232 e. The number of nitrogens with zero attached hydrogens (tertiary/aromatic N) is 1. The topological polar surface area (TPSA) is 66.5 Å². The van der Waals surface area contributed by atoms with Gasteiger partial charge in [-0.3, -0.25) is 9.10 Å². The maximum absolute atomic E-state index is 12.0. The van der Waals surface area contributed by atoms with Crippen LogP contribution in [0.1, 0.15) is 30.9 Å². The fourth-order valence-corrected chi connectivity index (χ4v) is 3.04. The Morgan fingerprint density at radius 2 is 1.95 bits per heavy atom. The van der Waals surface area contributed by atoms with Crippen LogP contribution in [-0.4, -0.2) is 33.7 Å². The van der Waals surface area contributed by atoms with Crippen molar-refractivity contribution in [3.05, 3.63) is 29.3 Å². The second kappa shape index (κ2) is 7.45. The molecule has 0 spiro atoms. The molecule has 0 saturated heterocycles. The van der Waals surface area contributed by atoms with Crippen molar-refractivity contribution < 1.29 is 13.2 Å². The van der Waals surface area contributed by atoms with E-state index in [0.29, 0.717) is 18.7 Å². The second-order valence-electron chi connectivity index (χ2n) is 5.23. The Bertz CT molecular complexity index is 597. The Kier molecular flexibility index (Phi) is 6.20. The van der Waals surface area contributed by atoms with Gasteiger partial charge < -0.3 is 5.32 Å².